The van der Waals surface area contributed by atoms with Crippen LogP contribution in [-0.4, -0.2) is 35.8 Å². The van der Waals surface area contributed by atoms with E-state index >= 15 is 0 Å². The SMILES string of the molecule is CN(C)c1cccc(C(=O)N[C@@H]2CCn3nccc3C2)c1. The van der Waals surface area contributed by atoms with Gasteiger partial charge in [-0.15, -0.1) is 0 Å². The number of fused-ring (bicyclic) bond motifs is 1. The molecule has 0 unspecified atom stereocenters. The minimum Gasteiger partial charge on any atom is -0.378 e. The Labute approximate surface area is 124 Å². The molecule has 2 aromatic rings. The van der Waals surface area contributed by atoms with Crippen LogP contribution in [0.5, 0.6) is 0 Å². The molecule has 21 heavy (non-hydrogen) atoms. The third kappa shape index (κ3) is 2.91. The molecule has 0 bridgehead atoms. The highest BCUT2D eigenvalue weighted by molar-refractivity contribution is 5.95. The maximum Gasteiger partial charge on any atom is 0.251 e. The summed E-state index contributed by atoms with van der Waals surface area (Å²) >= 11 is 0. The van der Waals surface area contributed by atoms with Crippen LogP contribution in [0.2, 0.25) is 0 Å². The molecule has 2 heterocycles. The molecule has 1 atom stereocenters. The van der Waals surface area contributed by atoms with E-state index in [0.717, 1.165) is 25.1 Å². The summed E-state index contributed by atoms with van der Waals surface area (Å²) in [4.78, 5) is 14.4. The topological polar surface area (TPSA) is 50.2 Å². The van der Waals surface area contributed by atoms with Gasteiger partial charge in [0.15, 0.2) is 0 Å². The van der Waals surface area contributed by atoms with Crippen molar-refractivity contribution in [3.8, 4) is 0 Å². The molecule has 0 radical (unpaired) electrons. The number of anilines is 1. The zero-order valence-electron chi connectivity index (χ0n) is 12.4. The van der Waals surface area contributed by atoms with Crippen LogP contribution < -0.4 is 10.2 Å². The molecular formula is C16H20N4O. The van der Waals surface area contributed by atoms with Crippen LogP contribution in [0.3, 0.4) is 0 Å². The zero-order valence-corrected chi connectivity index (χ0v) is 12.4. The van der Waals surface area contributed by atoms with Crippen molar-refractivity contribution in [1.29, 1.82) is 0 Å². The first-order valence-corrected chi connectivity index (χ1v) is 7.22. The predicted molar refractivity (Wildman–Crippen MR) is 82.6 cm³/mol. The number of amides is 1. The number of rotatable bonds is 3. The number of hydrogen-bond donors (Lipinski definition) is 1. The van der Waals surface area contributed by atoms with Crippen LogP contribution in [0.1, 0.15) is 22.5 Å². The highest BCUT2D eigenvalue weighted by atomic mass is 16.1. The summed E-state index contributed by atoms with van der Waals surface area (Å²) in [5, 5.41) is 7.39. The van der Waals surface area contributed by atoms with E-state index in [1.165, 1.54) is 5.69 Å². The Balaban J connectivity index is 1.68. The van der Waals surface area contributed by atoms with Gasteiger partial charge < -0.3 is 10.2 Å². The van der Waals surface area contributed by atoms with Crippen LogP contribution >= 0.6 is 0 Å². The summed E-state index contributed by atoms with van der Waals surface area (Å²) in [5.74, 6) is -0.00309. The fraction of sp³-hybridized carbons (Fsp3) is 0.375. The van der Waals surface area contributed by atoms with Gasteiger partial charge in [-0.1, -0.05) is 6.07 Å². The second-order valence-corrected chi connectivity index (χ2v) is 5.65. The molecule has 0 fully saturated rings. The van der Waals surface area contributed by atoms with Gasteiger partial charge >= 0.3 is 0 Å². The summed E-state index contributed by atoms with van der Waals surface area (Å²) < 4.78 is 2.01. The third-order valence-corrected chi connectivity index (χ3v) is 3.91. The van der Waals surface area contributed by atoms with Crippen molar-refractivity contribution in [3.05, 3.63) is 47.8 Å². The fourth-order valence-electron chi connectivity index (χ4n) is 2.68. The minimum absolute atomic E-state index is 0.00309. The number of nitrogens with one attached hydrogen (secondary N) is 1. The van der Waals surface area contributed by atoms with Gasteiger partial charge in [0.05, 0.1) is 0 Å². The standard InChI is InChI=1S/C16H20N4O/c1-19(2)14-5-3-4-12(10-14)16(21)18-13-7-9-20-15(11-13)6-8-17-20/h3-6,8,10,13H,7,9,11H2,1-2H3,(H,18,21)/t13-/m1/s1. The quantitative estimate of drug-likeness (QED) is 0.933. The summed E-state index contributed by atoms with van der Waals surface area (Å²) in [6, 6.07) is 9.89. The molecule has 0 saturated carbocycles. The number of aryl methyl sites for hydroxylation is 1. The maximum absolute atomic E-state index is 12.4. The smallest absolute Gasteiger partial charge is 0.251 e. The van der Waals surface area contributed by atoms with Gasteiger partial charge in [-0.25, -0.2) is 0 Å². The number of aromatic nitrogens is 2. The Morgan fingerprint density at radius 1 is 1.38 bits per heavy atom. The number of hydrogen-bond acceptors (Lipinski definition) is 3. The molecule has 5 nitrogen and oxygen atoms in total. The van der Waals surface area contributed by atoms with E-state index < -0.39 is 0 Å². The van der Waals surface area contributed by atoms with Crippen molar-refractivity contribution in [3.63, 3.8) is 0 Å². The van der Waals surface area contributed by atoms with Crippen molar-refractivity contribution in [2.45, 2.75) is 25.4 Å². The summed E-state index contributed by atoms with van der Waals surface area (Å²) in [6.07, 6.45) is 3.59. The largest absolute Gasteiger partial charge is 0.378 e. The second-order valence-electron chi connectivity index (χ2n) is 5.65. The summed E-state index contributed by atoms with van der Waals surface area (Å²) in [5.41, 5.74) is 2.93. The van der Waals surface area contributed by atoms with Gasteiger partial charge in [0.25, 0.3) is 5.91 Å². The van der Waals surface area contributed by atoms with E-state index in [-0.39, 0.29) is 11.9 Å². The molecule has 0 aliphatic carbocycles. The van der Waals surface area contributed by atoms with Gasteiger partial charge in [0.1, 0.15) is 0 Å². The maximum atomic E-state index is 12.4. The zero-order chi connectivity index (χ0) is 14.8. The van der Waals surface area contributed by atoms with Crippen LogP contribution in [-0.2, 0) is 13.0 Å². The van der Waals surface area contributed by atoms with E-state index in [1.807, 2.05) is 60.2 Å². The Hall–Kier alpha value is -2.30. The first-order valence-electron chi connectivity index (χ1n) is 7.22. The third-order valence-electron chi connectivity index (χ3n) is 3.91. The van der Waals surface area contributed by atoms with Crippen molar-refractivity contribution in [2.24, 2.45) is 0 Å². The van der Waals surface area contributed by atoms with Crippen molar-refractivity contribution in [1.82, 2.24) is 15.1 Å². The number of nitrogens with zero attached hydrogens (tertiary/aromatic N) is 3. The van der Waals surface area contributed by atoms with E-state index in [4.69, 9.17) is 0 Å². The van der Waals surface area contributed by atoms with Crippen LogP contribution in [0, 0.1) is 0 Å². The fourth-order valence-corrected chi connectivity index (χ4v) is 2.68. The Morgan fingerprint density at radius 3 is 3.05 bits per heavy atom. The molecule has 110 valence electrons. The van der Waals surface area contributed by atoms with Crippen molar-refractivity contribution >= 4 is 11.6 Å². The normalized spacial score (nSPS) is 17.1. The van der Waals surface area contributed by atoms with Gasteiger partial charge in [0.2, 0.25) is 0 Å². The average Bonchev–Trinajstić information content (AvgIpc) is 2.95. The van der Waals surface area contributed by atoms with E-state index in [9.17, 15) is 4.79 Å². The molecule has 1 N–H and O–H groups in total. The predicted octanol–water partition coefficient (Wildman–Crippen LogP) is 1.69. The Bertz CT molecular complexity index is 647. The molecular weight excluding hydrogens is 264 g/mol. The van der Waals surface area contributed by atoms with Crippen LogP contribution in [0.4, 0.5) is 5.69 Å². The van der Waals surface area contributed by atoms with Crippen LogP contribution in [0.15, 0.2) is 36.5 Å². The summed E-state index contributed by atoms with van der Waals surface area (Å²) in [7, 11) is 3.94. The molecule has 0 saturated heterocycles. The molecule has 1 aliphatic rings. The number of carbonyl (C=O) groups excluding carboxylic acids is 1. The molecule has 1 amide bonds. The molecule has 3 rings (SSSR count). The van der Waals surface area contributed by atoms with Gasteiger partial charge in [0, 0.05) is 56.2 Å². The molecule has 0 spiro atoms. The van der Waals surface area contributed by atoms with Gasteiger partial charge in [-0.3, -0.25) is 9.48 Å². The first kappa shape index (κ1) is 13.7. The monoisotopic (exact) mass is 284 g/mol. The lowest BCUT2D eigenvalue weighted by Gasteiger charge is -2.24. The molecule has 1 aromatic carbocycles. The first-order chi connectivity index (χ1) is 10.1. The Morgan fingerprint density at radius 2 is 2.24 bits per heavy atom. The minimum atomic E-state index is -0.00309. The van der Waals surface area contributed by atoms with Gasteiger partial charge in [-0.2, -0.15) is 5.10 Å². The lowest BCUT2D eigenvalue weighted by Crippen LogP contribution is -2.40. The Kier molecular flexibility index (Phi) is 3.64. The average molecular weight is 284 g/mol. The van der Waals surface area contributed by atoms with Crippen LogP contribution in [0.25, 0.3) is 0 Å². The van der Waals surface area contributed by atoms with Gasteiger partial charge in [-0.05, 0) is 30.7 Å². The van der Waals surface area contributed by atoms with E-state index in [0.29, 0.717) is 5.56 Å². The lowest BCUT2D eigenvalue weighted by atomic mass is 10.0. The molecule has 1 aromatic heterocycles. The molecule has 5 heteroatoms. The van der Waals surface area contributed by atoms with E-state index in [2.05, 4.69) is 10.4 Å². The highest BCUT2D eigenvalue weighted by Crippen LogP contribution is 2.16. The highest BCUT2D eigenvalue weighted by Gasteiger charge is 2.21. The number of benzene rings is 1. The molecule has 1 aliphatic heterocycles. The second kappa shape index (κ2) is 5.60. The van der Waals surface area contributed by atoms with Crippen molar-refractivity contribution < 1.29 is 4.79 Å². The van der Waals surface area contributed by atoms with Crippen molar-refractivity contribution in [2.75, 3.05) is 19.0 Å². The lowest BCUT2D eigenvalue weighted by molar-refractivity contribution is 0.0930. The summed E-state index contributed by atoms with van der Waals surface area (Å²) in [6.45, 7) is 0.866. The number of carbonyl (C=O) groups is 1. The van der Waals surface area contributed by atoms with E-state index in [1.54, 1.807) is 0 Å².